The topological polar surface area (TPSA) is 38.3 Å². The summed E-state index contributed by atoms with van der Waals surface area (Å²) in [6.45, 7) is 0.716. The third-order valence-corrected chi connectivity index (χ3v) is 2.61. The summed E-state index contributed by atoms with van der Waals surface area (Å²) < 4.78 is 4.63. The number of methoxy groups -OCH3 is 1. The molecule has 0 aliphatic rings. The van der Waals surface area contributed by atoms with Crippen molar-refractivity contribution < 1.29 is 9.53 Å². The maximum absolute atomic E-state index is 11.3. The molecule has 1 rings (SSSR count). The van der Waals surface area contributed by atoms with Crippen molar-refractivity contribution in [3.05, 3.63) is 28.8 Å². The van der Waals surface area contributed by atoms with E-state index in [2.05, 4.69) is 10.1 Å². The molecule has 0 unspecified atom stereocenters. The fourth-order valence-electron chi connectivity index (χ4n) is 1.20. The number of carbonyl (C=O) groups excluding carboxylic acids is 1. The first kappa shape index (κ1) is 13.1. The highest BCUT2D eigenvalue weighted by Crippen LogP contribution is 2.23. The second-order valence-electron chi connectivity index (χ2n) is 3.16. The first-order chi connectivity index (χ1) is 7.69. The molecule has 0 saturated heterocycles. The summed E-state index contributed by atoms with van der Waals surface area (Å²) in [6, 6.07) is 4.96. The van der Waals surface area contributed by atoms with E-state index in [9.17, 15) is 4.79 Å². The van der Waals surface area contributed by atoms with Crippen LogP contribution in [0, 0.1) is 0 Å². The van der Waals surface area contributed by atoms with Crippen molar-refractivity contribution in [1.82, 2.24) is 0 Å². The van der Waals surface area contributed by atoms with Gasteiger partial charge in [-0.2, -0.15) is 0 Å². The van der Waals surface area contributed by atoms with Gasteiger partial charge in [-0.25, -0.2) is 4.79 Å². The molecular formula is C11H13Cl2NO2. The molecule has 1 aromatic carbocycles. The van der Waals surface area contributed by atoms with E-state index in [0.717, 1.165) is 12.1 Å². The summed E-state index contributed by atoms with van der Waals surface area (Å²) in [5, 5.41) is 3.68. The highest BCUT2D eigenvalue weighted by Gasteiger charge is 2.08. The number of esters is 1. The summed E-state index contributed by atoms with van der Waals surface area (Å²) in [5.41, 5.74) is 1.19. The Morgan fingerprint density at radius 1 is 1.50 bits per heavy atom. The van der Waals surface area contributed by atoms with Crippen LogP contribution in [0.3, 0.4) is 0 Å². The van der Waals surface area contributed by atoms with Gasteiger partial charge in [-0.3, -0.25) is 0 Å². The molecule has 0 aromatic heterocycles. The minimum Gasteiger partial charge on any atom is -0.465 e. The van der Waals surface area contributed by atoms with Crippen LogP contribution in [0.1, 0.15) is 16.8 Å². The second kappa shape index (κ2) is 6.61. The average molecular weight is 262 g/mol. The van der Waals surface area contributed by atoms with Crippen molar-refractivity contribution in [2.24, 2.45) is 0 Å². The van der Waals surface area contributed by atoms with Gasteiger partial charge in [0.1, 0.15) is 0 Å². The van der Waals surface area contributed by atoms with Crippen LogP contribution in [0.2, 0.25) is 5.02 Å². The Balaban J connectivity index is 2.78. The van der Waals surface area contributed by atoms with E-state index in [1.54, 1.807) is 18.2 Å². The van der Waals surface area contributed by atoms with Crippen molar-refractivity contribution >= 4 is 34.9 Å². The molecule has 0 heterocycles. The Hall–Kier alpha value is -0.930. The number of benzene rings is 1. The van der Waals surface area contributed by atoms with Gasteiger partial charge in [0.2, 0.25) is 0 Å². The van der Waals surface area contributed by atoms with Gasteiger partial charge in [-0.1, -0.05) is 11.6 Å². The number of ether oxygens (including phenoxy) is 1. The quantitative estimate of drug-likeness (QED) is 0.503. The van der Waals surface area contributed by atoms with Crippen LogP contribution in [0.15, 0.2) is 18.2 Å². The Labute approximate surface area is 105 Å². The van der Waals surface area contributed by atoms with Crippen molar-refractivity contribution in [3.8, 4) is 0 Å². The van der Waals surface area contributed by atoms with Gasteiger partial charge in [0.25, 0.3) is 0 Å². The van der Waals surface area contributed by atoms with Crippen molar-refractivity contribution in [1.29, 1.82) is 0 Å². The first-order valence-electron chi connectivity index (χ1n) is 4.86. The number of alkyl halides is 1. The molecule has 16 heavy (non-hydrogen) atoms. The highest BCUT2D eigenvalue weighted by atomic mass is 35.5. The van der Waals surface area contributed by atoms with Gasteiger partial charge >= 0.3 is 5.97 Å². The lowest BCUT2D eigenvalue weighted by atomic mass is 10.2. The summed E-state index contributed by atoms with van der Waals surface area (Å²) in [4.78, 5) is 11.3. The van der Waals surface area contributed by atoms with Gasteiger partial charge in [0.15, 0.2) is 0 Å². The second-order valence-corrected chi connectivity index (χ2v) is 3.94. The fourth-order valence-corrected chi connectivity index (χ4v) is 1.51. The minimum atomic E-state index is -0.378. The van der Waals surface area contributed by atoms with Crippen LogP contribution in [0.25, 0.3) is 0 Å². The molecule has 3 nitrogen and oxygen atoms in total. The lowest BCUT2D eigenvalue weighted by Crippen LogP contribution is -2.05. The third-order valence-electron chi connectivity index (χ3n) is 2.01. The lowest BCUT2D eigenvalue weighted by molar-refractivity contribution is 0.0601. The van der Waals surface area contributed by atoms with Crippen LogP contribution in [0.4, 0.5) is 5.69 Å². The lowest BCUT2D eigenvalue weighted by Gasteiger charge is -2.08. The van der Waals surface area contributed by atoms with Crippen LogP contribution in [-0.2, 0) is 4.74 Å². The smallest absolute Gasteiger partial charge is 0.337 e. The van der Waals surface area contributed by atoms with Crippen LogP contribution < -0.4 is 5.32 Å². The number of hydrogen-bond donors (Lipinski definition) is 1. The maximum atomic E-state index is 11.3. The summed E-state index contributed by atoms with van der Waals surface area (Å²) in [7, 11) is 1.34. The van der Waals surface area contributed by atoms with Crippen molar-refractivity contribution in [3.63, 3.8) is 0 Å². The Morgan fingerprint density at radius 3 is 2.88 bits per heavy atom. The SMILES string of the molecule is COC(=O)c1ccc(Cl)c(NCCCCl)c1. The Kier molecular flexibility index (Phi) is 5.43. The van der Waals surface area contributed by atoms with Gasteiger partial charge in [-0.15, -0.1) is 11.6 Å². The van der Waals surface area contributed by atoms with Crippen LogP contribution in [0.5, 0.6) is 0 Å². The molecule has 0 bridgehead atoms. The average Bonchev–Trinajstić information content (AvgIpc) is 2.31. The molecule has 0 radical (unpaired) electrons. The zero-order valence-corrected chi connectivity index (χ0v) is 10.4. The van der Waals surface area contributed by atoms with Gasteiger partial charge in [0.05, 0.1) is 23.4 Å². The molecule has 1 N–H and O–H groups in total. The number of carbonyl (C=O) groups is 1. The summed E-state index contributed by atoms with van der Waals surface area (Å²) in [6.07, 6.45) is 0.834. The number of anilines is 1. The van der Waals surface area contributed by atoms with E-state index in [1.165, 1.54) is 7.11 Å². The molecule has 0 aliphatic carbocycles. The summed E-state index contributed by atoms with van der Waals surface area (Å²) in [5.74, 6) is 0.207. The van der Waals surface area contributed by atoms with E-state index in [4.69, 9.17) is 23.2 Å². The van der Waals surface area contributed by atoms with E-state index < -0.39 is 0 Å². The molecule has 0 saturated carbocycles. The molecular weight excluding hydrogens is 249 g/mol. The minimum absolute atomic E-state index is 0.378. The predicted octanol–water partition coefficient (Wildman–Crippen LogP) is 3.17. The fraction of sp³-hybridized carbons (Fsp3) is 0.364. The van der Waals surface area contributed by atoms with Crippen molar-refractivity contribution in [2.75, 3.05) is 24.9 Å². The van der Waals surface area contributed by atoms with Crippen LogP contribution >= 0.6 is 23.2 Å². The predicted molar refractivity (Wildman–Crippen MR) is 66.6 cm³/mol. The van der Waals surface area contributed by atoms with E-state index in [1.807, 2.05) is 0 Å². The van der Waals surface area contributed by atoms with Gasteiger partial charge in [-0.05, 0) is 24.6 Å². The number of hydrogen-bond acceptors (Lipinski definition) is 3. The molecule has 0 fully saturated rings. The standard InChI is InChI=1S/C11H13Cl2NO2/c1-16-11(15)8-3-4-9(13)10(7-8)14-6-2-5-12/h3-4,7,14H,2,5-6H2,1H3. The van der Waals surface area contributed by atoms with Crippen molar-refractivity contribution in [2.45, 2.75) is 6.42 Å². The molecule has 0 atom stereocenters. The zero-order chi connectivity index (χ0) is 12.0. The van der Waals surface area contributed by atoms with Gasteiger partial charge in [0, 0.05) is 12.4 Å². The highest BCUT2D eigenvalue weighted by molar-refractivity contribution is 6.33. The Morgan fingerprint density at radius 2 is 2.25 bits per heavy atom. The molecule has 0 spiro atoms. The maximum Gasteiger partial charge on any atom is 0.337 e. The van der Waals surface area contributed by atoms with Gasteiger partial charge < -0.3 is 10.1 Å². The van der Waals surface area contributed by atoms with E-state index in [-0.39, 0.29) is 5.97 Å². The molecule has 88 valence electrons. The number of halogens is 2. The molecule has 0 amide bonds. The first-order valence-corrected chi connectivity index (χ1v) is 5.78. The molecule has 0 aliphatic heterocycles. The largest absolute Gasteiger partial charge is 0.465 e. The van der Waals surface area contributed by atoms with E-state index >= 15 is 0 Å². The Bertz CT molecular complexity index is 369. The van der Waals surface area contributed by atoms with Crippen LogP contribution in [-0.4, -0.2) is 25.5 Å². The number of nitrogens with one attached hydrogen (secondary N) is 1. The normalized spacial score (nSPS) is 9.94. The molecule has 1 aromatic rings. The summed E-state index contributed by atoms with van der Waals surface area (Å²) >= 11 is 11.5. The number of rotatable bonds is 5. The molecule has 5 heteroatoms. The third kappa shape index (κ3) is 3.58. The van der Waals surface area contributed by atoms with E-state index in [0.29, 0.717) is 23.0 Å². The monoisotopic (exact) mass is 261 g/mol. The zero-order valence-electron chi connectivity index (χ0n) is 8.93.